The van der Waals surface area contributed by atoms with Crippen LogP contribution in [-0.2, 0) is 23.7 Å². The SMILES string of the molecule is CC1(C)C[C@H]2C3=CC[C@@H]4[C@@]5(C)CC[C@H](O[C@@H]6OC[C@H](O)[C@H](O[C@@H]7O[C@H](CO)[C@@H](O)[C@H](O)[C@H]7O)[C@H]6O)[C@@](C)(CO)[C@@H]5CC[C@@]4(C)[C@]3(C)C[C@H](OC(=O)c3ccccc3)[C@@]2(CO)C[C@@H]1O. The van der Waals surface area contributed by atoms with Crippen molar-refractivity contribution in [3.05, 3.63) is 47.5 Å². The van der Waals surface area contributed by atoms with Gasteiger partial charge in [-0.15, -0.1) is 0 Å². The molecule has 4 saturated carbocycles. The Morgan fingerprint density at radius 2 is 1.48 bits per heavy atom. The van der Waals surface area contributed by atoms with Crippen molar-refractivity contribution in [2.24, 2.45) is 50.2 Å². The summed E-state index contributed by atoms with van der Waals surface area (Å²) in [6, 6.07) is 8.92. The minimum atomic E-state index is -1.74. The Kier molecular flexibility index (Phi) is 12.7. The molecular formula is C48H72O15. The largest absolute Gasteiger partial charge is 0.458 e. The molecule has 354 valence electrons. The molecule has 63 heavy (non-hydrogen) atoms. The van der Waals surface area contributed by atoms with E-state index in [1.807, 2.05) is 13.0 Å². The van der Waals surface area contributed by atoms with Crippen molar-refractivity contribution in [3.8, 4) is 0 Å². The van der Waals surface area contributed by atoms with Gasteiger partial charge in [-0.05, 0) is 103 Å². The lowest BCUT2D eigenvalue weighted by Gasteiger charge is -2.72. The van der Waals surface area contributed by atoms with E-state index in [1.165, 1.54) is 5.57 Å². The summed E-state index contributed by atoms with van der Waals surface area (Å²) in [5.41, 5.74) is -1.35. The smallest absolute Gasteiger partial charge is 0.338 e. The summed E-state index contributed by atoms with van der Waals surface area (Å²) in [5.74, 6) is -0.437. The van der Waals surface area contributed by atoms with E-state index >= 15 is 0 Å². The van der Waals surface area contributed by atoms with Crippen LogP contribution in [0.4, 0.5) is 0 Å². The third-order valence-electron chi connectivity index (χ3n) is 18.5. The Bertz CT molecular complexity index is 1840. The topological polar surface area (TPSA) is 245 Å². The second kappa shape index (κ2) is 16.9. The van der Waals surface area contributed by atoms with Crippen LogP contribution in [0.15, 0.2) is 42.0 Å². The third-order valence-corrected chi connectivity index (χ3v) is 18.5. The predicted octanol–water partition coefficient (Wildman–Crippen LogP) is 2.21. The number of aliphatic hydroxyl groups excluding tert-OH is 9. The molecule has 0 spiro atoms. The first kappa shape index (κ1) is 47.4. The lowest BCUT2D eigenvalue weighted by molar-refractivity contribution is -0.358. The fraction of sp³-hybridized carbons (Fsp3) is 0.812. The lowest BCUT2D eigenvalue weighted by Crippen LogP contribution is -2.69. The molecule has 0 bridgehead atoms. The van der Waals surface area contributed by atoms with Crippen LogP contribution < -0.4 is 0 Å². The van der Waals surface area contributed by atoms with Gasteiger partial charge in [-0.2, -0.15) is 0 Å². The molecule has 5 aliphatic carbocycles. The van der Waals surface area contributed by atoms with Gasteiger partial charge >= 0.3 is 5.97 Å². The standard InChI is InChI=1S/C48H72O15/c1-43(2)18-27-26-12-13-31-44(3)16-15-33(62-41-38(57)39(28(52)22-59-41)63-42-37(56)36(55)35(54)29(21-49)60-42)45(4,23-50)30(44)14-17-46(31,5)47(26,6)20-34(48(27,24-51)19-32(43)53)61-40(58)25-10-8-7-9-11-25/h7-12,27-39,41-42,49-57H,13-24H2,1-6H3/t27-,28-,29+,30+,31+,32-,33-,34-,35+,36-,37+,38+,39-,41-,42-,44-,45-,46+,47+,48+/m0/s1. The molecule has 0 radical (unpaired) electrons. The van der Waals surface area contributed by atoms with Gasteiger partial charge in [0.1, 0.15) is 48.8 Å². The van der Waals surface area contributed by atoms with Gasteiger partial charge in [-0.3, -0.25) is 0 Å². The molecule has 2 heterocycles. The molecule has 15 heteroatoms. The van der Waals surface area contributed by atoms with E-state index in [0.717, 1.165) is 25.7 Å². The monoisotopic (exact) mass is 888 g/mol. The zero-order valence-corrected chi connectivity index (χ0v) is 37.6. The summed E-state index contributed by atoms with van der Waals surface area (Å²) >= 11 is 0. The normalized spacial score (nSPS) is 50.5. The predicted molar refractivity (Wildman–Crippen MR) is 225 cm³/mol. The van der Waals surface area contributed by atoms with E-state index in [4.69, 9.17) is 23.7 Å². The van der Waals surface area contributed by atoms with Crippen LogP contribution in [0.25, 0.3) is 0 Å². The number of rotatable bonds is 9. The Morgan fingerprint density at radius 3 is 2.14 bits per heavy atom. The van der Waals surface area contributed by atoms with Crippen LogP contribution in [0, 0.1) is 50.2 Å². The van der Waals surface area contributed by atoms with E-state index in [9.17, 15) is 50.8 Å². The Hall–Kier alpha value is -2.09. The Labute approximate surface area is 370 Å². The highest BCUT2D eigenvalue weighted by Crippen LogP contribution is 2.76. The summed E-state index contributed by atoms with van der Waals surface area (Å²) in [7, 11) is 0. The number of hydrogen-bond acceptors (Lipinski definition) is 15. The quantitative estimate of drug-likeness (QED) is 0.0981. The molecule has 2 saturated heterocycles. The summed E-state index contributed by atoms with van der Waals surface area (Å²) in [5, 5.41) is 97.7. The molecular weight excluding hydrogens is 817 g/mol. The van der Waals surface area contributed by atoms with Crippen LogP contribution in [-0.4, -0.2) is 152 Å². The summed E-state index contributed by atoms with van der Waals surface area (Å²) in [4.78, 5) is 13.9. The van der Waals surface area contributed by atoms with E-state index < -0.39 is 108 Å². The third kappa shape index (κ3) is 7.30. The maximum Gasteiger partial charge on any atom is 0.338 e. The summed E-state index contributed by atoms with van der Waals surface area (Å²) in [6.45, 7) is 11.9. The van der Waals surface area contributed by atoms with Crippen LogP contribution >= 0.6 is 0 Å². The van der Waals surface area contributed by atoms with Crippen molar-refractivity contribution in [1.82, 2.24) is 0 Å². The van der Waals surface area contributed by atoms with E-state index in [1.54, 1.807) is 24.3 Å². The molecule has 15 nitrogen and oxygen atoms in total. The van der Waals surface area contributed by atoms with Gasteiger partial charge in [0, 0.05) is 10.8 Å². The highest BCUT2D eigenvalue weighted by atomic mass is 16.7. The molecule has 0 aromatic heterocycles. The Morgan fingerprint density at radius 1 is 0.762 bits per heavy atom. The number of esters is 1. The average Bonchev–Trinajstić information content (AvgIpc) is 3.25. The van der Waals surface area contributed by atoms with Gasteiger partial charge in [0.05, 0.1) is 44.2 Å². The number of ether oxygens (including phenoxy) is 5. The number of allylic oxidation sites excluding steroid dienone is 2. The van der Waals surface area contributed by atoms with Crippen molar-refractivity contribution in [3.63, 3.8) is 0 Å². The molecule has 7 aliphatic rings. The molecule has 6 fully saturated rings. The second-order valence-electron chi connectivity index (χ2n) is 22.0. The van der Waals surface area contributed by atoms with E-state index in [0.29, 0.717) is 31.2 Å². The average molecular weight is 889 g/mol. The zero-order valence-electron chi connectivity index (χ0n) is 37.6. The number of carbonyl (C=O) groups excluding carboxylic acids is 1. The van der Waals surface area contributed by atoms with E-state index in [2.05, 4.69) is 40.7 Å². The van der Waals surface area contributed by atoms with Crippen LogP contribution in [0.2, 0.25) is 0 Å². The van der Waals surface area contributed by atoms with Gasteiger partial charge in [-0.1, -0.05) is 71.4 Å². The van der Waals surface area contributed by atoms with Crippen molar-refractivity contribution < 1.29 is 74.4 Å². The van der Waals surface area contributed by atoms with Gasteiger partial charge in [0.15, 0.2) is 12.6 Å². The first-order chi connectivity index (χ1) is 29.7. The van der Waals surface area contributed by atoms with Crippen LogP contribution in [0.3, 0.4) is 0 Å². The molecule has 0 amide bonds. The molecule has 0 unspecified atom stereocenters. The maximum atomic E-state index is 13.9. The van der Waals surface area contributed by atoms with E-state index in [-0.39, 0.29) is 48.4 Å². The lowest BCUT2D eigenvalue weighted by atomic mass is 9.33. The second-order valence-corrected chi connectivity index (χ2v) is 22.0. The first-order valence-electron chi connectivity index (χ1n) is 23.1. The summed E-state index contributed by atoms with van der Waals surface area (Å²) in [6.07, 6.45) is -8.01. The fourth-order valence-electron chi connectivity index (χ4n) is 14.4. The van der Waals surface area contributed by atoms with Gasteiger partial charge in [0.25, 0.3) is 0 Å². The Balaban J connectivity index is 1.06. The molecule has 8 rings (SSSR count). The number of fused-ring (bicyclic) bond motifs is 7. The number of carbonyl (C=O) groups is 1. The zero-order chi connectivity index (χ0) is 45.7. The van der Waals surface area contributed by atoms with Crippen LogP contribution in [0.1, 0.15) is 103 Å². The highest BCUT2D eigenvalue weighted by Gasteiger charge is 2.72. The number of hydrogen-bond donors (Lipinski definition) is 9. The highest BCUT2D eigenvalue weighted by molar-refractivity contribution is 5.89. The molecule has 1 aromatic carbocycles. The van der Waals surface area contributed by atoms with Crippen molar-refractivity contribution in [2.45, 2.75) is 167 Å². The van der Waals surface area contributed by atoms with Crippen molar-refractivity contribution >= 4 is 5.97 Å². The number of aliphatic hydroxyl groups is 9. The molecule has 20 atom stereocenters. The fourth-order valence-corrected chi connectivity index (χ4v) is 14.4. The minimum Gasteiger partial charge on any atom is -0.458 e. The van der Waals surface area contributed by atoms with Crippen molar-refractivity contribution in [2.75, 3.05) is 26.4 Å². The minimum absolute atomic E-state index is 0.0200. The first-order valence-corrected chi connectivity index (χ1v) is 23.1. The van der Waals surface area contributed by atoms with Gasteiger partial charge in [0.2, 0.25) is 0 Å². The summed E-state index contributed by atoms with van der Waals surface area (Å²) < 4.78 is 30.4. The number of benzene rings is 1. The van der Waals surface area contributed by atoms with Crippen LogP contribution in [0.5, 0.6) is 0 Å². The van der Waals surface area contributed by atoms with Crippen molar-refractivity contribution in [1.29, 1.82) is 0 Å². The molecule has 2 aliphatic heterocycles. The maximum absolute atomic E-state index is 13.9. The van der Waals surface area contributed by atoms with Gasteiger partial charge in [-0.25, -0.2) is 4.79 Å². The molecule has 9 N–H and O–H groups in total. The van der Waals surface area contributed by atoms with Gasteiger partial charge < -0.3 is 69.6 Å². The molecule has 1 aromatic rings.